The lowest BCUT2D eigenvalue weighted by molar-refractivity contribution is 0.0953. The molecule has 1 saturated heterocycles. The molecule has 1 aliphatic rings. The molecule has 152 valence electrons. The van der Waals surface area contributed by atoms with Gasteiger partial charge in [-0.2, -0.15) is 0 Å². The van der Waals surface area contributed by atoms with Crippen LogP contribution in [-0.4, -0.2) is 63.5 Å². The molecule has 0 aromatic heterocycles. The van der Waals surface area contributed by atoms with Crippen molar-refractivity contribution in [3.8, 4) is 0 Å². The summed E-state index contributed by atoms with van der Waals surface area (Å²) in [5.41, 5.74) is 0.654. The number of nitrogens with zero attached hydrogens (tertiary/aromatic N) is 1. The Morgan fingerprint density at radius 2 is 1.96 bits per heavy atom. The summed E-state index contributed by atoms with van der Waals surface area (Å²) < 4.78 is 5.50. The Morgan fingerprint density at radius 1 is 1.22 bits per heavy atom. The van der Waals surface area contributed by atoms with Gasteiger partial charge < -0.3 is 25.8 Å². The van der Waals surface area contributed by atoms with Crippen molar-refractivity contribution in [1.29, 1.82) is 0 Å². The number of nitrogens with one attached hydrogen (secondary N) is 3. The van der Waals surface area contributed by atoms with Crippen LogP contribution in [0.1, 0.15) is 29.6 Å². The van der Waals surface area contributed by atoms with Crippen LogP contribution in [0.15, 0.2) is 35.3 Å². The number of rotatable bonds is 9. The maximum atomic E-state index is 11.9. The first kappa shape index (κ1) is 23.6. The number of benzene rings is 1. The van der Waals surface area contributed by atoms with Gasteiger partial charge in [-0.25, -0.2) is 0 Å². The lowest BCUT2D eigenvalue weighted by Gasteiger charge is -2.27. The molecule has 4 N–H and O–H groups in total. The SMILES string of the molecule is CN=C(NCCCNC(=O)c1ccccc1)NCC1(CCO)CCOC1.I. The van der Waals surface area contributed by atoms with Gasteiger partial charge in [0, 0.05) is 50.9 Å². The van der Waals surface area contributed by atoms with E-state index in [0.717, 1.165) is 38.4 Å². The van der Waals surface area contributed by atoms with Gasteiger partial charge in [0.1, 0.15) is 0 Å². The van der Waals surface area contributed by atoms with Gasteiger partial charge in [-0.3, -0.25) is 9.79 Å². The van der Waals surface area contributed by atoms with Crippen LogP contribution in [0.25, 0.3) is 0 Å². The fourth-order valence-corrected chi connectivity index (χ4v) is 2.99. The van der Waals surface area contributed by atoms with Gasteiger partial charge in [-0.15, -0.1) is 24.0 Å². The number of aliphatic hydroxyl groups excluding tert-OH is 1. The Hall–Kier alpha value is -1.39. The second kappa shape index (κ2) is 12.9. The topological polar surface area (TPSA) is 95.0 Å². The molecule has 1 aromatic rings. The van der Waals surface area contributed by atoms with Crippen molar-refractivity contribution in [3.63, 3.8) is 0 Å². The van der Waals surface area contributed by atoms with Crippen molar-refractivity contribution in [2.24, 2.45) is 10.4 Å². The number of guanidine groups is 1. The molecule has 1 atom stereocenters. The van der Waals surface area contributed by atoms with E-state index >= 15 is 0 Å². The predicted molar refractivity (Wildman–Crippen MR) is 118 cm³/mol. The van der Waals surface area contributed by atoms with E-state index in [4.69, 9.17) is 4.74 Å². The Labute approximate surface area is 178 Å². The molecule has 1 fully saturated rings. The van der Waals surface area contributed by atoms with Gasteiger partial charge >= 0.3 is 0 Å². The van der Waals surface area contributed by atoms with Crippen molar-refractivity contribution in [2.45, 2.75) is 19.3 Å². The molecule has 1 aromatic carbocycles. The number of amides is 1. The molecule has 1 amide bonds. The van der Waals surface area contributed by atoms with Crippen LogP contribution in [0.4, 0.5) is 0 Å². The van der Waals surface area contributed by atoms with Crippen LogP contribution in [-0.2, 0) is 4.74 Å². The molecule has 27 heavy (non-hydrogen) atoms. The highest BCUT2D eigenvalue weighted by Gasteiger charge is 2.34. The molecule has 0 aliphatic carbocycles. The Balaban J connectivity index is 0.00000364. The first-order valence-electron chi connectivity index (χ1n) is 9.15. The zero-order valence-corrected chi connectivity index (χ0v) is 18.2. The normalized spacial score (nSPS) is 19.3. The Morgan fingerprint density at radius 3 is 2.59 bits per heavy atom. The third-order valence-electron chi connectivity index (χ3n) is 4.65. The fraction of sp³-hybridized carbons (Fsp3) is 0.579. The third kappa shape index (κ3) is 8.02. The van der Waals surface area contributed by atoms with Crippen molar-refractivity contribution in [2.75, 3.05) is 46.5 Å². The highest BCUT2D eigenvalue weighted by molar-refractivity contribution is 14.0. The van der Waals surface area contributed by atoms with Gasteiger partial charge in [0.05, 0.1) is 6.61 Å². The fourth-order valence-electron chi connectivity index (χ4n) is 2.99. The lowest BCUT2D eigenvalue weighted by atomic mass is 9.84. The van der Waals surface area contributed by atoms with Crippen molar-refractivity contribution >= 4 is 35.8 Å². The maximum absolute atomic E-state index is 11.9. The second-order valence-corrected chi connectivity index (χ2v) is 6.60. The maximum Gasteiger partial charge on any atom is 0.251 e. The molecule has 1 heterocycles. The smallest absolute Gasteiger partial charge is 0.251 e. The first-order chi connectivity index (χ1) is 12.7. The number of aliphatic imine (C=N–C) groups is 1. The highest BCUT2D eigenvalue weighted by atomic mass is 127. The summed E-state index contributed by atoms with van der Waals surface area (Å²) in [6.45, 7) is 3.60. The van der Waals surface area contributed by atoms with Gasteiger partial charge in [0.2, 0.25) is 0 Å². The van der Waals surface area contributed by atoms with Crippen molar-refractivity contribution in [3.05, 3.63) is 35.9 Å². The Bertz CT molecular complexity index is 578. The molecule has 0 bridgehead atoms. The molecule has 1 unspecified atom stereocenters. The summed E-state index contributed by atoms with van der Waals surface area (Å²) in [4.78, 5) is 16.2. The van der Waals surface area contributed by atoms with E-state index in [-0.39, 0.29) is 41.9 Å². The zero-order valence-electron chi connectivity index (χ0n) is 15.9. The van der Waals surface area contributed by atoms with Gasteiger partial charge in [0.15, 0.2) is 5.96 Å². The van der Waals surface area contributed by atoms with E-state index in [2.05, 4.69) is 20.9 Å². The van der Waals surface area contributed by atoms with Crippen molar-refractivity contribution < 1.29 is 14.6 Å². The number of carbonyl (C=O) groups excluding carboxylic acids is 1. The number of ether oxygens (including phenoxy) is 1. The standard InChI is InChI=1S/C19H30N4O3.HI/c1-20-18(23-14-19(8-12-24)9-13-26-15-19)22-11-5-10-21-17(25)16-6-3-2-4-7-16;/h2-4,6-7,24H,5,8-15H2,1H3,(H,21,25)(H2,20,22,23);1H. The van der Waals surface area contributed by atoms with Crippen LogP contribution in [0.3, 0.4) is 0 Å². The highest BCUT2D eigenvalue weighted by Crippen LogP contribution is 2.31. The molecule has 0 saturated carbocycles. The average Bonchev–Trinajstić information content (AvgIpc) is 3.13. The second-order valence-electron chi connectivity index (χ2n) is 6.60. The van der Waals surface area contributed by atoms with Crippen LogP contribution >= 0.6 is 24.0 Å². The average molecular weight is 490 g/mol. The minimum absolute atomic E-state index is 0. The van der Waals surface area contributed by atoms with Crippen LogP contribution in [0.2, 0.25) is 0 Å². The van der Waals surface area contributed by atoms with Gasteiger partial charge in [-0.05, 0) is 31.4 Å². The number of hydrogen-bond acceptors (Lipinski definition) is 4. The van der Waals surface area contributed by atoms with E-state index in [1.54, 1.807) is 19.2 Å². The summed E-state index contributed by atoms with van der Waals surface area (Å²) in [5, 5.41) is 18.8. The van der Waals surface area contributed by atoms with Crippen molar-refractivity contribution in [1.82, 2.24) is 16.0 Å². The van der Waals surface area contributed by atoms with Crippen LogP contribution in [0, 0.1) is 5.41 Å². The van der Waals surface area contributed by atoms with E-state index in [1.807, 2.05) is 18.2 Å². The third-order valence-corrected chi connectivity index (χ3v) is 4.65. The molecule has 7 nitrogen and oxygen atoms in total. The van der Waals surface area contributed by atoms with Gasteiger partial charge in [-0.1, -0.05) is 18.2 Å². The van der Waals surface area contributed by atoms with E-state index < -0.39 is 0 Å². The molecular formula is C19H31IN4O3. The number of aliphatic hydroxyl groups is 1. The largest absolute Gasteiger partial charge is 0.396 e. The van der Waals surface area contributed by atoms with E-state index in [0.29, 0.717) is 25.3 Å². The van der Waals surface area contributed by atoms with Crippen LogP contribution in [0.5, 0.6) is 0 Å². The van der Waals surface area contributed by atoms with Gasteiger partial charge in [0.25, 0.3) is 5.91 Å². The monoisotopic (exact) mass is 490 g/mol. The number of carbonyl (C=O) groups is 1. The summed E-state index contributed by atoms with van der Waals surface area (Å²) in [6, 6.07) is 9.19. The first-order valence-corrected chi connectivity index (χ1v) is 9.15. The number of halogens is 1. The van der Waals surface area contributed by atoms with E-state index in [1.165, 1.54) is 0 Å². The quantitative estimate of drug-likeness (QED) is 0.182. The summed E-state index contributed by atoms with van der Waals surface area (Å²) >= 11 is 0. The summed E-state index contributed by atoms with van der Waals surface area (Å²) in [6.07, 6.45) is 2.47. The summed E-state index contributed by atoms with van der Waals surface area (Å²) in [7, 11) is 1.73. The minimum atomic E-state index is -0.0553. The predicted octanol–water partition coefficient (Wildman–Crippen LogP) is 1.38. The Kier molecular flexibility index (Phi) is 11.3. The number of hydrogen-bond donors (Lipinski definition) is 4. The van der Waals surface area contributed by atoms with E-state index in [9.17, 15) is 9.90 Å². The summed E-state index contributed by atoms with van der Waals surface area (Å²) in [5.74, 6) is 0.670. The zero-order chi connectivity index (χ0) is 18.7. The lowest BCUT2D eigenvalue weighted by Crippen LogP contribution is -2.45. The molecule has 8 heteroatoms. The minimum Gasteiger partial charge on any atom is -0.396 e. The molecule has 0 radical (unpaired) electrons. The molecule has 1 aliphatic heterocycles. The van der Waals surface area contributed by atoms with Crippen LogP contribution < -0.4 is 16.0 Å². The molecule has 2 rings (SSSR count). The molecule has 0 spiro atoms. The molecular weight excluding hydrogens is 459 g/mol.